The normalized spacial score (nSPS) is 10.5. The lowest BCUT2D eigenvalue weighted by atomic mass is 10.1. The van der Waals surface area contributed by atoms with E-state index in [0.29, 0.717) is 29.5 Å². The fourth-order valence-electron chi connectivity index (χ4n) is 1.83. The molecule has 0 saturated carbocycles. The van der Waals surface area contributed by atoms with Crippen LogP contribution in [0.15, 0.2) is 42.6 Å². The molecule has 0 atom stereocenters. The molecule has 0 saturated heterocycles. The molecule has 110 valence electrons. The van der Waals surface area contributed by atoms with E-state index in [4.69, 9.17) is 0 Å². The van der Waals surface area contributed by atoms with E-state index < -0.39 is 0 Å². The molecular weight excluding hydrogens is 269 g/mol. The lowest BCUT2D eigenvalue weighted by Gasteiger charge is -2.09. The summed E-state index contributed by atoms with van der Waals surface area (Å²) in [4.78, 5) is 15.8. The van der Waals surface area contributed by atoms with Crippen LogP contribution in [0.1, 0.15) is 20.3 Å². The quantitative estimate of drug-likeness (QED) is 0.875. The third-order valence-corrected chi connectivity index (χ3v) is 2.78. The maximum absolute atomic E-state index is 13.5. The molecule has 0 unspecified atom stereocenters. The highest BCUT2D eigenvalue weighted by Crippen LogP contribution is 2.19. The first-order chi connectivity index (χ1) is 10.0. The molecule has 0 fully saturated rings. The first-order valence-corrected chi connectivity index (χ1v) is 6.82. The number of halogens is 1. The van der Waals surface area contributed by atoms with Crippen LogP contribution >= 0.6 is 0 Å². The van der Waals surface area contributed by atoms with Gasteiger partial charge >= 0.3 is 0 Å². The van der Waals surface area contributed by atoms with Gasteiger partial charge in [-0.3, -0.25) is 4.79 Å². The Hall–Kier alpha value is -2.43. The molecule has 0 aliphatic heterocycles. The average Bonchev–Trinajstić information content (AvgIpc) is 2.42. The van der Waals surface area contributed by atoms with Crippen molar-refractivity contribution in [3.05, 3.63) is 48.4 Å². The summed E-state index contributed by atoms with van der Waals surface area (Å²) in [7, 11) is 0. The number of hydrogen-bond acceptors (Lipinski definition) is 3. The number of carbonyl (C=O) groups is 1. The van der Waals surface area contributed by atoms with E-state index >= 15 is 0 Å². The Bertz CT molecular complexity index is 611. The molecule has 5 heteroatoms. The van der Waals surface area contributed by atoms with Crippen molar-refractivity contribution in [1.82, 2.24) is 4.98 Å². The molecule has 1 aromatic heterocycles. The summed E-state index contributed by atoms with van der Waals surface area (Å²) in [5.41, 5.74) is 0.987. The van der Waals surface area contributed by atoms with Gasteiger partial charge in [-0.05, 0) is 30.2 Å². The fraction of sp³-hybridized carbons (Fsp3) is 0.250. The van der Waals surface area contributed by atoms with Gasteiger partial charge in [-0.2, -0.15) is 0 Å². The number of amides is 1. The predicted molar refractivity (Wildman–Crippen MR) is 82.0 cm³/mol. The first kappa shape index (κ1) is 15.0. The second-order valence-electron chi connectivity index (χ2n) is 5.18. The fourth-order valence-corrected chi connectivity index (χ4v) is 1.83. The second-order valence-corrected chi connectivity index (χ2v) is 5.18. The molecule has 2 aromatic rings. The van der Waals surface area contributed by atoms with Crippen molar-refractivity contribution < 1.29 is 9.18 Å². The molecular formula is C16H18FN3O. The molecule has 4 nitrogen and oxygen atoms in total. The number of nitrogens with one attached hydrogen (secondary N) is 2. The highest BCUT2D eigenvalue weighted by atomic mass is 19.1. The van der Waals surface area contributed by atoms with E-state index in [1.807, 2.05) is 13.8 Å². The molecule has 0 radical (unpaired) electrons. The van der Waals surface area contributed by atoms with Gasteiger partial charge < -0.3 is 10.6 Å². The van der Waals surface area contributed by atoms with Gasteiger partial charge in [0.2, 0.25) is 5.91 Å². The van der Waals surface area contributed by atoms with Gasteiger partial charge in [0.05, 0.1) is 17.6 Å². The summed E-state index contributed by atoms with van der Waals surface area (Å²) in [6.45, 7) is 3.97. The van der Waals surface area contributed by atoms with Gasteiger partial charge in [0.25, 0.3) is 0 Å². The molecule has 0 spiro atoms. The van der Waals surface area contributed by atoms with Crippen molar-refractivity contribution in [3.8, 4) is 0 Å². The lowest BCUT2D eigenvalue weighted by Crippen LogP contribution is -2.14. The van der Waals surface area contributed by atoms with Crippen molar-refractivity contribution in [3.63, 3.8) is 0 Å². The van der Waals surface area contributed by atoms with E-state index in [9.17, 15) is 9.18 Å². The van der Waals surface area contributed by atoms with E-state index in [2.05, 4.69) is 15.6 Å². The van der Waals surface area contributed by atoms with Crippen LogP contribution in [0.4, 0.5) is 21.6 Å². The van der Waals surface area contributed by atoms with Gasteiger partial charge in [0, 0.05) is 6.42 Å². The van der Waals surface area contributed by atoms with Gasteiger partial charge in [-0.15, -0.1) is 0 Å². The predicted octanol–water partition coefficient (Wildman–Crippen LogP) is 3.95. The molecule has 1 amide bonds. The highest BCUT2D eigenvalue weighted by molar-refractivity contribution is 5.90. The molecule has 0 bridgehead atoms. The zero-order valence-electron chi connectivity index (χ0n) is 12.1. The zero-order chi connectivity index (χ0) is 15.2. The molecule has 0 aliphatic rings. The molecule has 2 rings (SSSR count). The number of rotatable bonds is 5. The monoisotopic (exact) mass is 287 g/mol. The number of para-hydroxylation sites is 1. The number of anilines is 3. The number of hydrogen-bond donors (Lipinski definition) is 2. The van der Waals surface area contributed by atoms with Crippen LogP contribution < -0.4 is 10.6 Å². The zero-order valence-corrected chi connectivity index (χ0v) is 12.1. The SMILES string of the molecule is CC(C)CC(=O)Nc1ccc(Nc2ccccc2F)nc1. The van der Waals surface area contributed by atoms with Gasteiger partial charge in [-0.25, -0.2) is 9.37 Å². The number of carbonyl (C=O) groups excluding carboxylic acids is 1. The second kappa shape index (κ2) is 6.83. The number of pyridine rings is 1. The van der Waals surface area contributed by atoms with Crippen LogP contribution in [-0.2, 0) is 4.79 Å². The Morgan fingerprint density at radius 2 is 2.00 bits per heavy atom. The van der Waals surface area contributed by atoms with Crippen molar-refractivity contribution in [2.45, 2.75) is 20.3 Å². The molecule has 21 heavy (non-hydrogen) atoms. The van der Waals surface area contributed by atoms with Crippen molar-refractivity contribution in [2.24, 2.45) is 5.92 Å². The van der Waals surface area contributed by atoms with Gasteiger partial charge in [-0.1, -0.05) is 26.0 Å². The maximum atomic E-state index is 13.5. The Labute approximate surface area is 123 Å². The Kier molecular flexibility index (Phi) is 4.87. The van der Waals surface area contributed by atoms with Crippen LogP contribution in [-0.4, -0.2) is 10.9 Å². The van der Waals surface area contributed by atoms with Gasteiger partial charge in [0.1, 0.15) is 11.6 Å². The topological polar surface area (TPSA) is 54.0 Å². The standard InChI is InChI=1S/C16H18FN3O/c1-11(2)9-16(21)19-12-7-8-15(18-10-12)20-14-6-4-3-5-13(14)17/h3-8,10-11H,9H2,1-2H3,(H,18,20)(H,19,21). The van der Waals surface area contributed by atoms with E-state index in [1.54, 1.807) is 36.5 Å². The van der Waals surface area contributed by atoms with Crippen molar-refractivity contribution >= 4 is 23.1 Å². The summed E-state index contributed by atoms with van der Waals surface area (Å²) >= 11 is 0. The third kappa shape index (κ3) is 4.56. The number of nitrogens with zero attached hydrogens (tertiary/aromatic N) is 1. The molecule has 0 aliphatic carbocycles. The smallest absolute Gasteiger partial charge is 0.224 e. The van der Waals surface area contributed by atoms with Crippen LogP contribution in [0.25, 0.3) is 0 Å². The number of benzene rings is 1. The largest absolute Gasteiger partial charge is 0.338 e. The molecule has 1 heterocycles. The molecule has 1 aromatic carbocycles. The van der Waals surface area contributed by atoms with E-state index in [0.717, 1.165) is 0 Å². The summed E-state index contributed by atoms with van der Waals surface area (Å²) in [6.07, 6.45) is 2.01. The highest BCUT2D eigenvalue weighted by Gasteiger charge is 2.06. The molecule has 2 N–H and O–H groups in total. The van der Waals surface area contributed by atoms with Crippen molar-refractivity contribution in [2.75, 3.05) is 10.6 Å². The summed E-state index contributed by atoms with van der Waals surface area (Å²) in [5.74, 6) is 0.442. The van der Waals surface area contributed by atoms with E-state index in [-0.39, 0.29) is 11.7 Å². The Morgan fingerprint density at radius 3 is 2.62 bits per heavy atom. The minimum Gasteiger partial charge on any atom is -0.338 e. The summed E-state index contributed by atoms with van der Waals surface area (Å²) in [5, 5.41) is 5.66. The summed E-state index contributed by atoms with van der Waals surface area (Å²) in [6, 6.07) is 9.80. The van der Waals surface area contributed by atoms with Crippen LogP contribution in [0.3, 0.4) is 0 Å². The third-order valence-electron chi connectivity index (χ3n) is 2.78. The maximum Gasteiger partial charge on any atom is 0.224 e. The van der Waals surface area contributed by atoms with Crippen LogP contribution in [0.2, 0.25) is 0 Å². The average molecular weight is 287 g/mol. The van der Waals surface area contributed by atoms with Gasteiger partial charge in [0.15, 0.2) is 0 Å². The van der Waals surface area contributed by atoms with E-state index in [1.165, 1.54) is 6.07 Å². The lowest BCUT2D eigenvalue weighted by molar-refractivity contribution is -0.116. The van der Waals surface area contributed by atoms with Crippen LogP contribution in [0, 0.1) is 11.7 Å². The Balaban J connectivity index is 1.99. The number of aromatic nitrogens is 1. The minimum atomic E-state index is -0.339. The van der Waals surface area contributed by atoms with Crippen LogP contribution in [0.5, 0.6) is 0 Å². The summed E-state index contributed by atoms with van der Waals surface area (Å²) < 4.78 is 13.5. The first-order valence-electron chi connectivity index (χ1n) is 6.82. The Morgan fingerprint density at radius 1 is 1.24 bits per heavy atom. The van der Waals surface area contributed by atoms with Crippen molar-refractivity contribution in [1.29, 1.82) is 0 Å². The minimum absolute atomic E-state index is 0.0402.